The number of benzene rings is 1. The van der Waals surface area contributed by atoms with Gasteiger partial charge in [0, 0.05) is 7.11 Å². The number of nitrogens with two attached hydrogens (primary N) is 1. The van der Waals surface area contributed by atoms with Gasteiger partial charge < -0.3 is 15.2 Å². The lowest BCUT2D eigenvalue weighted by Crippen LogP contribution is -2.25. The van der Waals surface area contributed by atoms with Crippen LogP contribution in [0.3, 0.4) is 0 Å². The lowest BCUT2D eigenvalue weighted by atomic mass is 10.0. The second-order valence-corrected chi connectivity index (χ2v) is 4.36. The van der Waals surface area contributed by atoms with Crippen LogP contribution >= 0.6 is 0 Å². The lowest BCUT2D eigenvalue weighted by Gasteiger charge is -2.19. The summed E-state index contributed by atoms with van der Waals surface area (Å²) in [5, 5.41) is 0. The van der Waals surface area contributed by atoms with E-state index in [1.54, 1.807) is 7.11 Å². The van der Waals surface area contributed by atoms with Gasteiger partial charge in [0.2, 0.25) is 0 Å². The van der Waals surface area contributed by atoms with Crippen LogP contribution < -0.4 is 10.5 Å². The van der Waals surface area contributed by atoms with Crippen LogP contribution in [0.15, 0.2) is 24.3 Å². The Bertz CT molecular complexity index is 350. The summed E-state index contributed by atoms with van der Waals surface area (Å²) in [6.45, 7) is 1.97. The zero-order chi connectivity index (χ0) is 11.5. The highest BCUT2D eigenvalue weighted by atomic mass is 16.5. The minimum atomic E-state index is -0.104. The summed E-state index contributed by atoms with van der Waals surface area (Å²) in [7, 11) is 1.68. The maximum absolute atomic E-state index is 6.08. The minimum Gasteiger partial charge on any atom is -0.490 e. The van der Waals surface area contributed by atoms with Gasteiger partial charge in [-0.25, -0.2) is 0 Å². The van der Waals surface area contributed by atoms with Crippen molar-refractivity contribution in [2.45, 2.75) is 38.0 Å². The highest BCUT2D eigenvalue weighted by Gasteiger charge is 2.24. The Labute approximate surface area is 96.5 Å². The maximum Gasteiger partial charge on any atom is 0.120 e. The third kappa shape index (κ3) is 2.74. The summed E-state index contributed by atoms with van der Waals surface area (Å²) < 4.78 is 11.0. The average molecular weight is 221 g/mol. The number of hydrogen-bond donors (Lipinski definition) is 1. The second-order valence-electron chi connectivity index (χ2n) is 4.36. The van der Waals surface area contributed by atoms with Gasteiger partial charge in [-0.1, -0.05) is 12.1 Å². The van der Waals surface area contributed by atoms with E-state index in [1.165, 1.54) is 12.8 Å². The van der Waals surface area contributed by atoms with Crippen molar-refractivity contribution in [2.24, 2.45) is 5.73 Å². The van der Waals surface area contributed by atoms with Crippen molar-refractivity contribution >= 4 is 0 Å². The molecule has 2 atom stereocenters. The zero-order valence-electron chi connectivity index (χ0n) is 9.85. The monoisotopic (exact) mass is 221 g/mol. The van der Waals surface area contributed by atoms with Crippen molar-refractivity contribution in [2.75, 3.05) is 7.11 Å². The molecule has 2 unspecified atom stereocenters. The molecule has 0 saturated heterocycles. The molecule has 16 heavy (non-hydrogen) atoms. The molecule has 1 aromatic rings. The maximum atomic E-state index is 6.08. The molecular formula is C13H19NO2. The average Bonchev–Trinajstić information content (AvgIpc) is 3.11. The number of methoxy groups -OCH3 is 1. The largest absolute Gasteiger partial charge is 0.490 e. The molecule has 3 heteroatoms. The molecule has 1 aromatic carbocycles. The smallest absolute Gasteiger partial charge is 0.120 e. The van der Waals surface area contributed by atoms with E-state index in [-0.39, 0.29) is 12.1 Å². The van der Waals surface area contributed by atoms with E-state index in [0.29, 0.717) is 6.10 Å². The summed E-state index contributed by atoms with van der Waals surface area (Å²) in [6, 6.07) is 7.88. The first-order valence-electron chi connectivity index (χ1n) is 5.75. The van der Waals surface area contributed by atoms with E-state index in [1.807, 2.05) is 31.2 Å². The van der Waals surface area contributed by atoms with E-state index < -0.39 is 0 Å². The van der Waals surface area contributed by atoms with Crippen LogP contribution in [0.25, 0.3) is 0 Å². The topological polar surface area (TPSA) is 44.5 Å². The van der Waals surface area contributed by atoms with Crippen LogP contribution in [0.1, 0.15) is 31.4 Å². The number of rotatable bonds is 5. The first kappa shape index (κ1) is 11.4. The van der Waals surface area contributed by atoms with Crippen LogP contribution in [0.2, 0.25) is 0 Å². The molecule has 88 valence electrons. The van der Waals surface area contributed by atoms with E-state index >= 15 is 0 Å². The van der Waals surface area contributed by atoms with Gasteiger partial charge in [-0.15, -0.1) is 0 Å². The first-order valence-corrected chi connectivity index (χ1v) is 5.75. The van der Waals surface area contributed by atoms with Crippen molar-refractivity contribution in [3.05, 3.63) is 29.8 Å². The minimum absolute atomic E-state index is 0.0103. The predicted molar refractivity (Wildman–Crippen MR) is 63.5 cm³/mol. The van der Waals surface area contributed by atoms with Crippen molar-refractivity contribution in [1.82, 2.24) is 0 Å². The summed E-state index contributed by atoms with van der Waals surface area (Å²) >= 11 is 0. The summed E-state index contributed by atoms with van der Waals surface area (Å²) in [5.41, 5.74) is 7.15. The SMILES string of the molecule is COC(C)C(N)c1cccc(OC2CC2)c1. The fraction of sp³-hybridized carbons (Fsp3) is 0.538. The van der Waals surface area contributed by atoms with Crippen molar-refractivity contribution in [3.63, 3.8) is 0 Å². The summed E-state index contributed by atoms with van der Waals surface area (Å²) in [5.74, 6) is 0.916. The second kappa shape index (κ2) is 4.85. The Morgan fingerprint density at radius 2 is 2.12 bits per heavy atom. The molecule has 0 amide bonds. The molecule has 2 N–H and O–H groups in total. The molecule has 0 aromatic heterocycles. The molecule has 1 aliphatic rings. The lowest BCUT2D eigenvalue weighted by molar-refractivity contribution is 0.0956. The molecule has 0 aliphatic heterocycles. The van der Waals surface area contributed by atoms with E-state index in [2.05, 4.69) is 0 Å². The van der Waals surface area contributed by atoms with Crippen LogP contribution in [0.5, 0.6) is 5.75 Å². The molecule has 1 saturated carbocycles. The third-order valence-corrected chi connectivity index (χ3v) is 2.95. The van der Waals surface area contributed by atoms with Crippen molar-refractivity contribution in [1.29, 1.82) is 0 Å². The Kier molecular flexibility index (Phi) is 3.46. The molecule has 0 radical (unpaired) electrons. The van der Waals surface area contributed by atoms with Gasteiger partial charge >= 0.3 is 0 Å². The van der Waals surface area contributed by atoms with E-state index in [9.17, 15) is 0 Å². The van der Waals surface area contributed by atoms with Gasteiger partial charge in [0.1, 0.15) is 5.75 Å². The Morgan fingerprint density at radius 1 is 1.38 bits per heavy atom. The molecule has 0 bridgehead atoms. The van der Waals surface area contributed by atoms with Gasteiger partial charge in [0.05, 0.1) is 18.2 Å². The van der Waals surface area contributed by atoms with Crippen LogP contribution in [-0.2, 0) is 4.74 Å². The Morgan fingerprint density at radius 3 is 2.75 bits per heavy atom. The molecule has 1 fully saturated rings. The van der Waals surface area contributed by atoms with Gasteiger partial charge in [0.25, 0.3) is 0 Å². The Balaban J connectivity index is 2.07. The van der Waals surface area contributed by atoms with Crippen LogP contribution in [0.4, 0.5) is 0 Å². The van der Waals surface area contributed by atoms with E-state index in [4.69, 9.17) is 15.2 Å². The van der Waals surface area contributed by atoms with Crippen molar-refractivity contribution in [3.8, 4) is 5.75 Å². The number of hydrogen-bond acceptors (Lipinski definition) is 3. The molecule has 0 heterocycles. The van der Waals surface area contributed by atoms with Gasteiger partial charge in [-0.2, -0.15) is 0 Å². The van der Waals surface area contributed by atoms with Crippen molar-refractivity contribution < 1.29 is 9.47 Å². The highest BCUT2D eigenvalue weighted by molar-refractivity contribution is 5.31. The van der Waals surface area contributed by atoms with Gasteiger partial charge in [-0.05, 0) is 37.5 Å². The molecule has 0 spiro atoms. The van der Waals surface area contributed by atoms with Crippen LogP contribution in [0, 0.1) is 0 Å². The van der Waals surface area contributed by atoms with Gasteiger partial charge in [0.15, 0.2) is 0 Å². The standard InChI is InChI=1S/C13H19NO2/c1-9(15-2)13(14)10-4-3-5-12(8-10)16-11-6-7-11/h3-5,8-9,11,13H,6-7,14H2,1-2H3. The predicted octanol–water partition coefficient (Wildman–Crippen LogP) is 2.26. The quantitative estimate of drug-likeness (QED) is 0.829. The Hall–Kier alpha value is -1.06. The van der Waals surface area contributed by atoms with Crippen LogP contribution in [-0.4, -0.2) is 19.3 Å². The van der Waals surface area contributed by atoms with E-state index in [0.717, 1.165) is 11.3 Å². The normalized spacial score (nSPS) is 19.2. The molecule has 3 nitrogen and oxygen atoms in total. The molecule has 2 rings (SSSR count). The van der Waals surface area contributed by atoms with Gasteiger partial charge in [-0.3, -0.25) is 0 Å². The fourth-order valence-corrected chi connectivity index (χ4v) is 1.59. The number of ether oxygens (including phenoxy) is 2. The third-order valence-electron chi connectivity index (χ3n) is 2.95. The summed E-state index contributed by atoms with van der Waals surface area (Å²) in [6.07, 6.45) is 2.78. The molecule has 1 aliphatic carbocycles. The molecular weight excluding hydrogens is 202 g/mol. The first-order chi connectivity index (χ1) is 7.70. The zero-order valence-corrected chi connectivity index (χ0v) is 9.85. The fourth-order valence-electron chi connectivity index (χ4n) is 1.59. The summed E-state index contributed by atoms with van der Waals surface area (Å²) in [4.78, 5) is 0. The highest BCUT2D eigenvalue weighted by Crippen LogP contribution is 2.28.